The number of fused-ring (bicyclic) bond motifs is 2. The first-order valence-corrected chi connectivity index (χ1v) is 15.0. The van der Waals surface area contributed by atoms with Gasteiger partial charge < -0.3 is 19.8 Å². The van der Waals surface area contributed by atoms with E-state index < -0.39 is 23.0 Å². The van der Waals surface area contributed by atoms with Crippen molar-refractivity contribution in [3.8, 4) is 11.5 Å². The van der Waals surface area contributed by atoms with Gasteiger partial charge in [-0.05, 0) is 61.5 Å². The van der Waals surface area contributed by atoms with Gasteiger partial charge in [0.05, 0.1) is 23.7 Å². The van der Waals surface area contributed by atoms with Crippen LogP contribution in [0.4, 0.5) is 11.4 Å². The number of methoxy groups -OCH3 is 1. The number of aromatic amines is 1. The van der Waals surface area contributed by atoms with Gasteiger partial charge in [-0.1, -0.05) is 52.4 Å². The van der Waals surface area contributed by atoms with E-state index in [0.717, 1.165) is 16.9 Å². The maximum Gasteiger partial charge on any atom is 0.305 e. The van der Waals surface area contributed by atoms with E-state index in [0.29, 0.717) is 43.4 Å². The zero-order valence-electron chi connectivity index (χ0n) is 22.4. The number of H-pyrrole nitrogens is 1. The number of imide groups is 1. The van der Waals surface area contributed by atoms with Gasteiger partial charge in [-0.15, -0.1) is 0 Å². The zero-order chi connectivity index (χ0) is 29.5. The maximum absolute atomic E-state index is 14.0. The van der Waals surface area contributed by atoms with Crippen molar-refractivity contribution < 1.29 is 23.9 Å². The summed E-state index contributed by atoms with van der Waals surface area (Å²) in [6.45, 7) is 1.65. The number of anilines is 2. The molecule has 0 spiro atoms. The molecule has 4 aromatic rings. The number of hydrogen-bond acceptors (Lipinski definition) is 8. The van der Waals surface area contributed by atoms with E-state index in [1.807, 2.05) is 19.1 Å². The number of aromatic nitrogens is 1. The van der Waals surface area contributed by atoms with Crippen molar-refractivity contribution in [2.75, 3.05) is 23.9 Å². The molecule has 1 aromatic heterocycles. The van der Waals surface area contributed by atoms with Crippen LogP contribution in [0.3, 0.4) is 0 Å². The fourth-order valence-electron chi connectivity index (χ4n) is 5.21. The first-order valence-electron chi connectivity index (χ1n) is 12.9. The number of ether oxygens (including phenoxy) is 2. The largest absolute Gasteiger partial charge is 0.497 e. The van der Waals surface area contributed by atoms with E-state index in [9.17, 15) is 19.2 Å². The Morgan fingerprint density at radius 2 is 1.76 bits per heavy atom. The topological polar surface area (TPSA) is 118 Å². The van der Waals surface area contributed by atoms with Crippen LogP contribution in [0.1, 0.15) is 21.9 Å². The van der Waals surface area contributed by atoms with Crippen LogP contribution in [-0.2, 0) is 14.4 Å². The highest BCUT2D eigenvalue weighted by Crippen LogP contribution is 2.54. The van der Waals surface area contributed by atoms with Gasteiger partial charge in [0.15, 0.2) is 6.61 Å². The molecular weight excluding hydrogens is 598 g/mol. The van der Waals surface area contributed by atoms with Crippen molar-refractivity contribution in [1.82, 2.24) is 4.98 Å². The highest BCUT2D eigenvalue weighted by Gasteiger charge is 2.56. The molecule has 12 heteroatoms. The Hall–Kier alpha value is -4.06. The van der Waals surface area contributed by atoms with Crippen LogP contribution in [0.15, 0.2) is 76.6 Å². The number of rotatable bonds is 7. The molecule has 3 amide bonds. The summed E-state index contributed by atoms with van der Waals surface area (Å²) in [7, 11) is 1.53. The van der Waals surface area contributed by atoms with Gasteiger partial charge in [0.1, 0.15) is 16.7 Å². The molecule has 0 saturated carbocycles. The second-order valence-corrected chi connectivity index (χ2v) is 12.4. The van der Waals surface area contributed by atoms with Crippen LogP contribution in [0.2, 0.25) is 5.02 Å². The van der Waals surface area contributed by atoms with Crippen molar-refractivity contribution in [2.24, 2.45) is 5.92 Å². The summed E-state index contributed by atoms with van der Waals surface area (Å²) in [6.07, 6.45) is 0. The molecule has 6 rings (SSSR count). The van der Waals surface area contributed by atoms with Gasteiger partial charge in [-0.2, -0.15) is 0 Å². The molecule has 0 bridgehead atoms. The first-order chi connectivity index (χ1) is 20.2. The minimum Gasteiger partial charge on any atom is -0.497 e. The van der Waals surface area contributed by atoms with E-state index in [1.54, 1.807) is 54.6 Å². The maximum atomic E-state index is 14.0. The molecule has 3 heterocycles. The fraction of sp³-hybridized carbons (Fsp3) is 0.200. The second kappa shape index (κ2) is 11.3. The number of amides is 3. The molecule has 1 saturated heterocycles. The summed E-state index contributed by atoms with van der Waals surface area (Å²) in [4.78, 5) is 57.3. The Morgan fingerprint density at radius 3 is 2.48 bits per heavy atom. The van der Waals surface area contributed by atoms with Gasteiger partial charge >= 0.3 is 4.87 Å². The van der Waals surface area contributed by atoms with Gasteiger partial charge in [-0.25, -0.2) is 4.90 Å². The molecule has 0 radical (unpaired) electrons. The molecule has 2 aliphatic heterocycles. The number of thiazole rings is 1. The molecule has 2 aliphatic rings. The van der Waals surface area contributed by atoms with Crippen molar-refractivity contribution in [3.05, 3.63) is 97.4 Å². The average molecular weight is 622 g/mol. The van der Waals surface area contributed by atoms with Gasteiger partial charge in [0, 0.05) is 27.1 Å². The number of aryl methyl sites for hydroxylation is 1. The third-order valence-corrected chi connectivity index (χ3v) is 9.79. The molecule has 3 atom stereocenters. The first kappa shape index (κ1) is 28.1. The Kier molecular flexibility index (Phi) is 7.56. The zero-order valence-corrected chi connectivity index (χ0v) is 24.8. The van der Waals surface area contributed by atoms with Crippen LogP contribution in [0, 0.1) is 12.8 Å². The monoisotopic (exact) mass is 621 g/mol. The lowest BCUT2D eigenvalue weighted by Gasteiger charge is -2.31. The predicted molar refractivity (Wildman–Crippen MR) is 162 cm³/mol. The number of hydrogen-bond donors (Lipinski definition) is 2. The van der Waals surface area contributed by atoms with Gasteiger partial charge in [-0.3, -0.25) is 19.2 Å². The highest BCUT2D eigenvalue weighted by molar-refractivity contribution is 8.00. The second-order valence-electron chi connectivity index (χ2n) is 9.84. The fourth-order valence-corrected chi connectivity index (χ4v) is 7.90. The van der Waals surface area contributed by atoms with Crippen molar-refractivity contribution in [2.45, 2.75) is 23.1 Å². The minimum atomic E-state index is -0.842. The SMILES string of the molecule is COc1ccc(N2C(=O)C3Sc4[nH]c(=O)sc4[C@H](c4cc(Cl)ccc4OCC(=O)Nc4ccc(C)cc4)C3C2=O)cc1. The number of carbonyl (C=O) groups is 3. The molecule has 1 fully saturated rings. The average Bonchev–Trinajstić information content (AvgIpc) is 3.47. The van der Waals surface area contributed by atoms with Gasteiger partial charge in [0.2, 0.25) is 11.8 Å². The molecule has 2 N–H and O–H groups in total. The lowest BCUT2D eigenvalue weighted by atomic mass is 9.82. The van der Waals surface area contributed by atoms with Crippen LogP contribution in [0.5, 0.6) is 11.5 Å². The van der Waals surface area contributed by atoms with Crippen molar-refractivity contribution in [3.63, 3.8) is 0 Å². The molecule has 9 nitrogen and oxygen atoms in total. The molecule has 42 heavy (non-hydrogen) atoms. The molecule has 2 unspecified atom stereocenters. The number of carbonyl (C=O) groups excluding carboxylic acids is 3. The standard InChI is InChI=1S/C30H24ClN3O6S2/c1-15-3-6-17(7-4-15)32-22(35)14-40-21-12-5-16(31)13-20(21)23-24-26(41-27-25(23)42-30(38)33-27)29(37)34(28(24)36)18-8-10-19(39-2)11-9-18/h3-13,23-24,26H,14H2,1-2H3,(H,32,35)(H,33,38)/t23-,24?,26?/m1/s1. The van der Waals surface area contributed by atoms with Crippen molar-refractivity contribution >= 4 is 63.8 Å². The smallest absolute Gasteiger partial charge is 0.305 e. The van der Waals surface area contributed by atoms with Crippen molar-refractivity contribution in [1.29, 1.82) is 0 Å². The Morgan fingerprint density at radius 1 is 1.02 bits per heavy atom. The van der Waals surface area contributed by atoms with E-state index in [2.05, 4.69) is 10.3 Å². The molecule has 3 aromatic carbocycles. The number of thioether (sulfide) groups is 1. The highest BCUT2D eigenvalue weighted by atomic mass is 35.5. The number of halogens is 1. The summed E-state index contributed by atoms with van der Waals surface area (Å²) < 4.78 is 11.2. The normalized spacial score (nSPS) is 19.3. The summed E-state index contributed by atoms with van der Waals surface area (Å²) in [6, 6.07) is 19.0. The van der Waals surface area contributed by atoms with Crippen LogP contribution in [-0.4, -0.2) is 41.7 Å². The summed E-state index contributed by atoms with van der Waals surface area (Å²) in [5.41, 5.74) is 2.63. The van der Waals surface area contributed by atoms with E-state index >= 15 is 0 Å². The third kappa shape index (κ3) is 5.19. The lowest BCUT2D eigenvalue weighted by molar-refractivity contribution is -0.122. The van der Waals surface area contributed by atoms with Gasteiger partial charge in [0.25, 0.3) is 5.91 Å². The Labute approximate surface area is 253 Å². The minimum absolute atomic E-state index is 0.300. The Balaban J connectivity index is 1.35. The van der Waals surface area contributed by atoms with E-state index in [4.69, 9.17) is 21.1 Å². The van der Waals surface area contributed by atoms with Crippen LogP contribution < -0.4 is 24.6 Å². The van der Waals surface area contributed by atoms with Crippen LogP contribution in [0.25, 0.3) is 0 Å². The molecule has 0 aliphatic carbocycles. The number of nitrogens with zero attached hydrogens (tertiary/aromatic N) is 1. The summed E-state index contributed by atoms with van der Waals surface area (Å²) in [5, 5.41) is 2.91. The quantitative estimate of drug-likeness (QED) is 0.272. The lowest BCUT2D eigenvalue weighted by Crippen LogP contribution is -2.32. The molecule has 214 valence electrons. The number of benzene rings is 3. The predicted octanol–water partition coefficient (Wildman–Crippen LogP) is 5.22. The summed E-state index contributed by atoms with van der Waals surface area (Å²) >= 11 is 8.59. The summed E-state index contributed by atoms with van der Waals surface area (Å²) in [5.74, 6) is -1.80. The Bertz CT molecular complexity index is 1750. The third-order valence-electron chi connectivity index (χ3n) is 7.16. The molecular formula is C30H24ClN3O6S2. The van der Waals surface area contributed by atoms with E-state index in [-0.39, 0.29) is 23.3 Å². The number of nitrogens with one attached hydrogen (secondary N) is 2. The van der Waals surface area contributed by atoms with E-state index in [1.165, 1.54) is 23.8 Å². The van der Waals surface area contributed by atoms with Crippen LogP contribution >= 0.6 is 34.7 Å².